The molecule has 1 spiro atoms. The zero-order valence-corrected chi connectivity index (χ0v) is 18.6. The molecule has 1 aromatic carbocycles. The molecule has 3 aromatic rings. The molecule has 5 heteroatoms. The van der Waals surface area contributed by atoms with E-state index in [-0.39, 0.29) is 11.4 Å². The number of nitrogens with zero attached hydrogens (tertiary/aromatic N) is 3. The molecule has 3 aliphatic rings. The van der Waals surface area contributed by atoms with Gasteiger partial charge < -0.3 is 4.90 Å². The largest absolute Gasteiger partial charge is 0.319 e. The molecule has 3 heterocycles. The van der Waals surface area contributed by atoms with Gasteiger partial charge in [-0.05, 0) is 79.7 Å². The first-order valence-corrected chi connectivity index (χ1v) is 12.2. The van der Waals surface area contributed by atoms with E-state index in [4.69, 9.17) is 4.98 Å². The Morgan fingerprint density at radius 1 is 1.17 bits per heavy atom. The maximum Gasteiger partial charge on any atom is 0.146 e. The molecule has 2 aliphatic carbocycles. The number of rotatable bonds is 1. The van der Waals surface area contributed by atoms with Gasteiger partial charge >= 0.3 is 0 Å². The standard InChI is InChI=1S/C25H28FN3S/c1-15-5-8-21-19(11-15)22-23(27-14-28-24(22)30-21)29-20-7-6-17(26)12-18(20)16(2)13-25(29)9-3-4-10-25/h6-7,12,14-16H,3-5,8-11,13H2,1-2H3. The van der Waals surface area contributed by atoms with Gasteiger partial charge in [0.1, 0.15) is 22.8 Å². The van der Waals surface area contributed by atoms with Gasteiger partial charge in [-0.3, -0.25) is 0 Å². The Bertz CT molecular complexity index is 1130. The van der Waals surface area contributed by atoms with Crippen LogP contribution in [-0.2, 0) is 12.8 Å². The average molecular weight is 422 g/mol. The summed E-state index contributed by atoms with van der Waals surface area (Å²) in [6.45, 7) is 4.62. The van der Waals surface area contributed by atoms with E-state index in [9.17, 15) is 4.39 Å². The molecule has 6 rings (SSSR count). The van der Waals surface area contributed by atoms with Gasteiger partial charge in [0.2, 0.25) is 0 Å². The second-order valence-corrected chi connectivity index (χ2v) is 10.9. The second-order valence-electron chi connectivity index (χ2n) is 9.80. The number of thiophene rings is 1. The minimum atomic E-state index is -0.141. The van der Waals surface area contributed by atoms with Crippen LogP contribution < -0.4 is 4.90 Å². The van der Waals surface area contributed by atoms with Crippen molar-refractivity contribution in [2.24, 2.45) is 5.92 Å². The fourth-order valence-electron chi connectivity index (χ4n) is 6.39. The first kappa shape index (κ1) is 18.7. The predicted molar refractivity (Wildman–Crippen MR) is 121 cm³/mol. The highest BCUT2D eigenvalue weighted by molar-refractivity contribution is 7.19. The van der Waals surface area contributed by atoms with Crippen molar-refractivity contribution in [3.8, 4) is 0 Å². The van der Waals surface area contributed by atoms with Crippen LogP contribution in [0.4, 0.5) is 15.9 Å². The van der Waals surface area contributed by atoms with Crippen LogP contribution in [0.25, 0.3) is 10.2 Å². The normalized spacial score (nSPS) is 25.0. The highest BCUT2D eigenvalue weighted by atomic mass is 32.1. The fraction of sp³-hybridized carbons (Fsp3) is 0.520. The summed E-state index contributed by atoms with van der Waals surface area (Å²) in [5.41, 5.74) is 3.83. The number of halogens is 1. The van der Waals surface area contributed by atoms with E-state index in [1.807, 2.05) is 17.4 Å². The smallest absolute Gasteiger partial charge is 0.146 e. The Morgan fingerprint density at radius 2 is 2.00 bits per heavy atom. The van der Waals surface area contributed by atoms with Gasteiger partial charge in [-0.1, -0.05) is 26.7 Å². The van der Waals surface area contributed by atoms with E-state index in [2.05, 4.69) is 23.7 Å². The zero-order valence-electron chi connectivity index (χ0n) is 17.7. The van der Waals surface area contributed by atoms with Crippen molar-refractivity contribution in [3.63, 3.8) is 0 Å². The van der Waals surface area contributed by atoms with E-state index < -0.39 is 0 Å². The number of fused-ring (bicyclic) bond motifs is 4. The average Bonchev–Trinajstić information content (AvgIpc) is 3.33. The van der Waals surface area contributed by atoms with Crippen LogP contribution in [0.3, 0.4) is 0 Å². The minimum absolute atomic E-state index is 0.0840. The summed E-state index contributed by atoms with van der Waals surface area (Å²) in [5, 5.41) is 1.26. The Hall–Kier alpha value is -2.01. The highest BCUT2D eigenvalue weighted by Crippen LogP contribution is 2.55. The fourth-order valence-corrected chi connectivity index (χ4v) is 7.56. The third-order valence-corrected chi connectivity index (χ3v) is 8.94. The van der Waals surface area contributed by atoms with Gasteiger partial charge in [0.05, 0.1) is 5.39 Å². The molecule has 0 bridgehead atoms. The van der Waals surface area contributed by atoms with Crippen molar-refractivity contribution in [3.05, 3.63) is 46.3 Å². The molecule has 2 aromatic heterocycles. The summed E-state index contributed by atoms with van der Waals surface area (Å²) in [6, 6.07) is 5.37. The number of hydrogen-bond acceptors (Lipinski definition) is 4. The third-order valence-electron chi connectivity index (χ3n) is 7.74. The molecule has 0 saturated heterocycles. The molecule has 1 fully saturated rings. The molecular weight excluding hydrogens is 393 g/mol. The predicted octanol–water partition coefficient (Wildman–Crippen LogP) is 6.91. The molecule has 3 nitrogen and oxygen atoms in total. The third kappa shape index (κ3) is 2.67. The Kier molecular flexibility index (Phi) is 4.21. The Labute approximate surface area is 181 Å². The van der Waals surface area contributed by atoms with Gasteiger partial charge in [0, 0.05) is 16.1 Å². The summed E-state index contributed by atoms with van der Waals surface area (Å²) in [6.07, 6.45) is 11.2. The maximum absolute atomic E-state index is 14.2. The van der Waals surface area contributed by atoms with Crippen molar-refractivity contribution in [2.75, 3.05) is 4.90 Å². The van der Waals surface area contributed by atoms with Crippen molar-refractivity contribution in [1.29, 1.82) is 0 Å². The topological polar surface area (TPSA) is 29.0 Å². The Morgan fingerprint density at radius 3 is 2.83 bits per heavy atom. The molecule has 30 heavy (non-hydrogen) atoms. The maximum atomic E-state index is 14.2. The van der Waals surface area contributed by atoms with Gasteiger partial charge in [0.25, 0.3) is 0 Å². The monoisotopic (exact) mass is 421 g/mol. The van der Waals surface area contributed by atoms with Gasteiger partial charge in [0.15, 0.2) is 0 Å². The van der Waals surface area contributed by atoms with Crippen LogP contribution in [0.1, 0.15) is 74.3 Å². The SMILES string of the molecule is CC1CCc2sc3ncnc(N4c5ccc(F)cc5C(C)CC45CCCC5)c3c2C1. The molecule has 1 saturated carbocycles. The van der Waals surface area contributed by atoms with E-state index in [0.29, 0.717) is 11.8 Å². The summed E-state index contributed by atoms with van der Waals surface area (Å²) in [4.78, 5) is 14.8. The number of anilines is 2. The van der Waals surface area contributed by atoms with Crippen LogP contribution in [0.15, 0.2) is 24.5 Å². The first-order valence-electron chi connectivity index (χ1n) is 11.4. The van der Waals surface area contributed by atoms with Gasteiger partial charge in [-0.15, -0.1) is 11.3 Å². The highest BCUT2D eigenvalue weighted by Gasteiger charge is 2.47. The molecule has 2 unspecified atom stereocenters. The van der Waals surface area contributed by atoms with Crippen molar-refractivity contribution >= 4 is 33.1 Å². The molecule has 0 radical (unpaired) electrons. The van der Waals surface area contributed by atoms with Crippen LogP contribution in [0.5, 0.6) is 0 Å². The van der Waals surface area contributed by atoms with E-state index >= 15 is 0 Å². The van der Waals surface area contributed by atoms with Crippen LogP contribution in [0.2, 0.25) is 0 Å². The lowest BCUT2D eigenvalue weighted by atomic mass is 9.76. The lowest BCUT2D eigenvalue weighted by molar-refractivity contribution is 0.351. The van der Waals surface area contributed by atoms with Crippen LogP contribution in [0, 0.1) is 11.7 Å². The van der Waals surface area contributed by atoms with Crippen molar-refractivity contribution in [1.82, 2.24) is 9.97 Å². The molecule has 156 valence electrons. The number of aromatic nitrogens is 2. The number of hydrogen-bond donors (Lipinski definition) is 0. The van der Waals surface area contributed by atoms with E-state index in [0.717, 1.165) is 41.2 Å². The van der Waals surface area contributed by atoms with Crippen LogP contribution >= 0.6 is 11.3 Å². The lowest BCUT2D eigenvalue weighted by Crippen LogP contribution is -2.48. The van der Waals surface area contributed by atoms with E-state index in [1.54, 1.807) is 18.5 Å². The van der Waals surface area contributed by atoms with Crippen LogP contribution in [-0.4, -0.2) is 15.5 Å². The van der Waals surface area contributed by atoms with E-state index in [1.165, 1.54) is 47.9 Å². The molecular formula is C25H28FN3S. The lowest BCUT2D eigenvalue weighted by Gasteiger charge is -2.49. The summed E-state index contributed by atoms with van der Waals surface area (Å²) in [5.74, 6) is 1.98. The summed E-state index contributed by atoms with van der Waals surface area (Å²) >= 11 is 1.86. The quantitative estimate of drug-likeness (QED) is 0.427. The van der Waals surface area contributed by atoms with Crippen molar-refractivity contribution < 1.29 is 4.39 Å². The Balaban J connectivity index is 1.63. The summed E-state index contributed by atoms with van der Waals surface area (Å²) in [7, 11) is 0. The summed E-state index contributed by atoms with van der Waals surface area (Å²) < 4.78 is 14.2. The molecule has 2 atom stereocenters. The van der Waals surface area contributed by atoms with Gasteiger partial charge in [-0.2, -0.15) is 0 Å². The molecule has 0 amide bonds. The van der Waals surface area contributed by atoms with Gasteiger partial charge in [-0.25, -0.2) is 14.4 Å². The minimum Gasteiger partial charge on any atom is -0.319 e. The zero-order chi connectivity index (χ0) is 20.5. The second kappa shape index (κ2) is 6.74. The first-order chi connectivity index (χ1) is 14.6. The number of aryl methyl sites for hydroxylation is 1. The van der Waals surface area contributed by atoms with Crippen molar-refractivity contribution in [2.45, 2.75) is 76.7 Å². The molecule has 0 N–H and O–H groups in total. The molecule has 1 aliphatic heterocycles. The number of benzene rings is 1.